The summed E-state index contributed by atoms with van der Waals surface area (Å²) in [5.41, 5.74) is 1.03. The van der Waals surface area contributed by atoms with Crippen LogP contribution in [0.1, 0.15) is 28.8 Å². The van der Waals surface area contributed by atoms with Gasteiger partial charge in [0, 0.05) is 17.3 Å². The number of rotatable bonds is 4. The number of carbonyl (C=O) groups excluding carboxylic acids is 1. The van der Waals surface area contributed by atoms with Gasteiger partial charge >= 0.3 is 0 Å². The molecule has 0 radical (unpaired) electrons. The van der Waals surface area contributed by atoms with Crippen LogP contribution in [-0.4, -0.2) is 48.7 Å². The van der Waals surface area contributed by atoms with Gasteiger partial charge in [0.25, 0.3) is 5.91 Å². The zero-order chi connectivity index (χ0) is 14.8. The third kappa shape index (κ3) is 3.52. The molecular weight excluding hydrogens is 320 g/mol. The third-order valence-electron chi connectivity index (χ3n) is 4.09. The molecule has 0 bridgehead atoms. The first-order valence-electron chi connectivity index (χ1n) is 7.02. The van der Waals surface area contributed by atoms with Crippen LogP contribution < -0.4 is 5.32 Å². The lowest BCUT2D eigenvalue weighted by Crippen LogP contribution is -2.46. The van der Waals surface area contributed by atoms with Crippen molar-refractivity contribution in [3.63, 3.8) is 0 Å². The van der Waals surface area contributed by atoms with Gasteiger partial charge in [-0.15, -0.1) is 0 Å². The largest absolute Gasteiger partial charge is 0.507 e. The van der Waals surface area contributed by atoms with Gasteiger partial charge in [-0.05, 0) is 24.6 Å². The van der Waals surface area contributed by atoms with E-state index in [9.17, 15) is 9.90 Å². The van der Waals surface area contributed by atoms with Gasteiger partial charge in [0.2, 0.25) is 0 Å². The second kappa shape index (κ2) is 6.14. The fourth-order valence-corrected chi connectivity index (χ4v) is 3.34. The van der Waals surface area contributed by atoms with Crippen molar-refractivity contribution >= 4 is 21.8 Å². The fraction of sp³-hybridized carbons (Fsp3) is 0.533. The van der Waals surface area contributed by atoms with Gasteiger partial charge in [0.05, 0.1) is 38.8 Å². The quantitative estimate of drug-likeness (QED) is 0.826. The number of nitrogens with one attached hydrogen (secondary N) is 1. The molecule has 2 rings (SSSR count). The van der Waals surface area contributed by atoms with Gasteiger partial charge in [-0.1, -0.05) is 15.9 Å². The first kappa shape index (κ1) is 15.3. The number of carbonyl (C=O) groups is 1. The Morgan fingerprint density at radius 2 is 2.05 bits per heavy atom. The number of likely N-dealkylation sites (tertiary alicyclic amines) is 1. The second-order valence-corrected chi connectivity index (χ2v) is 6.79. The van der Waals surface area contributed by atoms with Crippen LogP contribution in [0.4, 0.5) is 0 Å². The second-order valence-electron chi connectivity index (χ2n) is 5.87. The molecular formula is C15H22BrN2O2+. The van der Waals surface area contributed by atoms with Gasteiger partial charge in [-0.25, -0.2) is 0 Å². The van der Waals surface area contributed by atoms with Gasteiger partial charge in [0.15, 0.2) is 0 Å². The molecule has 0 aromatic heterocycles. The number of aryl methyl sites for hydroxylation is 1. The molecule has 2 N–H and O–H groups in total. The molecule has 1 fully saturated rings. The number of amides is 1. The lowest BCUT2D eigenvalue weighted by Gasteiger charge is -2.29. The Bertz CT molecular complexity index is 511. The van der Waals surface area contributed by atoms with Crippen LogP contribution in [0.3, 0.4) is 0 Å². The molecule has 0 atom stereocenters. The van der Waals surface area contributed by atoms with E-state index < -0.39 is 0 Å². The summed E-state index contributed by atoms with van der Waals surface area (Å²) in [6, 6.07) is 3.45. The first-order valence-corrected chi connectivity index (χ1v) is 7.81. The molecule has 1 saturated heterocycles. The van der Waals surface area contributed by atoms with E-state index in [1.807, 2.05) is 0 Å². The SMILES string of the molecule is Cc1cc(Br)cc(C(=O)NCC[N+]2(C)CCCC2)c1O. The summed E-state index contributed by atoms with van der Waals surface area (Å²) in [4.78, 5) is 12.1. The zero-order valence-electron chi connectivity index (χ0n) is 12.1. The van der Waals surface area contributed by atoms with Crippen LogP contribution in [0, 0.1) is 6.92 Å². The van der Waals surface area contributed by atoms with Crippen LogP contribution in [0.15, 0.2) is 16.6 Å². The first-order chi connectivity index (χ1) is 9.41. The molecule has 5 heteroatoms. The van der Waals surface area contributed by atoms with Crippen molar-refractivity contribution in [1.82, 2.24) is 5.32 Å². The predicted octanol–water partition coefficient (Wildman–Crippen LogP) is 2.43. The number of phenols is 1. The van der Waals surface area contributed by atoms with Gasteiger partial charge in [0.1, 0.15) is 5.75 Å². The number of halogens is 1. The molecule has 0 saturated carbocycles. The van der Waals surface area contributed by atoms with Gasteiger partial charge in [-0.3, -0.25) is 4.79 Å². The highest BCUT2D eigenvalue weighted by molar-refractivity contribution is 9.10. The standard InChI is InChI=1S/C15H21BrN2O2/c1-11-9-12(16)10-13(14(11)19)15(20)17-5-8-18(2)6-3-4-7-18/h9-10H,3-8H2,1-2H3,(H-,17,19,20)/p+1. The van der Waals surface area contributed by atoms with E-state index in [4.69, 9.17) is 0 Å². The number of aromatic hydroxyl groups is 1. The van der Waals surface area contributed by atoms with E-state index in [1.165, 1.54) is 25.9 Å². The normalized spacial score (nSPS) is 17.1. The van der Waals surface area contributed by atoms with Crippen molar-refractivity contribution in [3.8, 4) is 5.75 Å². The summed E-state index contributed by atoms with van der Waals surface area (Å²) < 4.78 is 1.83. The Kier molecular flexibility index (Phi) is 4.70. The average molecular weight is 342 g/mol. The van der Waals surface area contributed by atoms with Crippen LogP contribution in [0.25, 0.3) is 0 Å². The van der Waals surface area contributed by atoms with E-state index in [2.05, 4.69) is 28.3 Å². The molecule has 0 aliphatic carbocycles. The summed E-state index contributed by atoms with van der Waals surface area (Å²) >= 11 is 3.35. The maximum absolute atomic E-state index is 12.1. The Hall–Kier alpha value is -1.07. The molecule has 1 aromatic carbocycles. The smallest absolute Gasteiger partial charge is 0.255 e. The molecule has 0 unspecified atom stereocenters. The highest BCUT2D eigenvalue weighted by atomic mass is 79.9. The third-order valence-corrected chi connectivity index (χ3v) is 4.55. The molecule has 1 aromatic rings. The fourth-order valence-electron chi connectivity index (χ4n) is 2.77. The monoisotopic (exact) mass is 341 g/mol. The zero-order valence-corrected chi connectivity index (χ0v) is 13.7. The Morgan fingerprint density at radius 3 is 2.70 bits per heavy atom. The lowest BCUT2D eigenvalue weighted by molar-refractivity contribution is -0.896. The number of nitrogens with zero attached hydrogens (tertiary/aromatic N) is 1. The van der Waals surface area contributed by atoms with Crippen LogP contribution in [0.5, 0.6) is 5.75 Å². The number of hydrogen-bond donors (Lipinski definition) is 2. The minimum absolute atomic E-state index is 0.0623. The predicted molar refractivity (Wildman–Crippen MR) is 82.9 cm³/mol. The topological polar surface area (TPSA) is 49.3 Å². The van der Waals surface area contributed by atoms with Crippen LogP contribution in [-0.2, 0) is 0 Å². The van der Waals surface area contributed by atoms with Crippen LogP contribution >= 0.6 is 15.9 Å². The summed E-state index contributed by atoms with van der Waals surface area (Å²) in [6.07, 6.45) is 2.55. The summed E-state index contributed by atoms with van der Waals surface area (Å²) in [5, 5.41) is 12.9. The molecule has 1 aliphatic heterocycles. The van der Waals surface area contributed by atoms with E-state index in [1.54, 1.807) is 19.1 Å². The summed E-state index contributed by atoms with van der Waals surface area (Å²) in [6.45, 7) is 5.75. The molecule has 20 heavy (non-hydrogen) atoms. The van der Waals surface area contributed by atoms with E-state index in [0.717, 1.165) is 15.5 Å². The molecule has 1 aliphatic rings. The van der Waals surface area contributed by atoms with Crippen LogP contribution in [0.2, 0.25) is 0 Å². The highest BCUT2D eigenvalue weighted by Gasteiger charge is 2.26. The van der Waals surface area contributed by atoms with E-state index in [0.29, 0.717) is 17.7 Å². The molecule has 1 amide bonds. The van der Waals surface area contributed by atoms with Crippen molar-refractivity contribution in [2.45, 2.75) is 19.8 Å². The maximum Gasteiger partial charge on any atom is 0.255 e. The number of quaternary nitrogens is 1. The maximum atomic E-state index is 12.1. The minimum Gasteiger partial charge on any atom is -0.507 e. The molecule has 1 heterocycles. The average Bonchev–Trinajstić information content (AvgIpc) is 2.80. The van der Waals surface area contributed by atoms with E-state index in [-0.39, 0.29) is 11.7 Å². The summed E-state index contributed by atoms with van der Waals surface area (Å²) in [5.74, 6) is -0.148. The van der Waals surface area contributed by atoms with Gasteiger partial charge in [-0.2, -0.15) is 0 Å². The van der Waals surface area contributed by atoms with Crippen molar-refractivity contribution in [2.75, 3.05) is 33.2 Å². The highest BCUT2D eigenvalue weighted by Crippen LogP contribution is 2.26. The number of likely N-dealkylation sites (N-methyl/N-ethyl adjacent to an activating group) is 1. The van der Waals surface area contributed by atoms with Crippen molar-refractivity contribution in [2.24, 2.45) is 0 Å². The summed E-state index contributed by atoms with van der Waals surface area (Å²) in [7, 11) is 2.24. The molecule has 0 spiro atoms. The number of benzene rings is 1. The van der Waals surface area contributed by atoms with Gasteiger partial charge < -0.3 is 14.9 Å². The number of phenolic OH excluding ortho intramolecular Hbond substituents is 1. The molecule has 110 valence electrons. The Balaban J connectivity index is 1.95. The minimum atomic E-state index is -0.210. The van der Waals surface area contributed by atoms with Crippen molar-refractivity contribution in [3.05, 3.63) is 27.7 Å². The van der Waals surface area contributed by atoms with Crippen molar-refractivity contribution < 1.29 is 14.4 Å². The number of hydrogen-bond acceptors (Lipinski definition) is 2. The Labute approximate surface area is 128 Å². The molecule has 4 nitrogen and oxygen atoms in total. The van der Waals surface area contributed by atoms with E-state index >= 15 is 0 Å². The Morgan fingerprint density at radius 1 is 1.40 bits per heavy atom. The van der Waals surface area contributed by atoms with Crippen molar-refractivity contribution in [1.29, 1.82) is 0 Å². The lowest BCUT2D eigenvalue weighted by atomic mass is 10.1.